The molecule has 28 heavy (non-hydrogen) atoms. The number of nitrogens with one attached hydrogen (secondary N) is 1. The lowest BCUT2D eigenvalue weighted by molar-refractivity contribution is 0.150. The number of fused-ring (bicyclic) bond motifs is 3. The number of hydrogen-bond acceptors (Lipinski definition) is 5. The van der Waals surface area contributed by atoms with Crippen molar-refractivity contribution in [1.29, 1.82) is 0 Å². The minimum atomic E-state index is 0.0602. The van der Waals surface area contributed by atoms with Gasteiger partial charge in [-0.25, -0.2) is 14.5 Å². The van der Waals surface area contributed by atoms with Gasteiger partial charge in [0, 0.05) is 34.5 Å². The van der Waals surface area contributed by atoms with E-state index < -0.39 is 0 Å². The Hall–Kier alpha value is -2.54. The zero-order chi connectivity index (χ0) is 19.5. The first-order valence-electron chi connectivity index (χ1n) is 10.1. The molecule has 0 unspecified atom stereocenters. The molecule has 5 rings (SSSR count). The Morgan fingerprint density at radius 2 is 1.93 bits per heavy atom. The average molecular weight is 378 g/mol. The highest BCUT2D eigenvalue weighted by atomic mass is 16.1. The van der Waals surface area contributed by atoms with Crippen LogP contribution in [0.15, 0.2) is 17.1 Å². The number of likely N-dealkylation sites (tertiary alicyclic amines) is 1. The van der Waals surface area contributed by atoms with E-state index in [0.717, 1.165) is 79.4 Å². The van der Waals surface area contributed by atoms with Crippen LogP contribution >= 0.6 is 0 Å². The minimum Gasteiger partial charge on any atom is -0.311 e. The second-order valence-corrected chi connectivity index (χ2v) is 8.48. The van der Waals surface area contributed by atoms with E-state index in [0.29, 0.717) is 0 Å². The first-order chi connectivity index (χ1) is 13.4. The second-order valence-electron chi connectivity index (χ2n) is 8.48. The SMILES string of the molecule is Cc1cc(C)n2ncc(CN3CCC4(CCc5c4nc(C)[nH]c5=O)CC3)c2n1. The molecule has 0 atom stereocenters. The molecule has 0 aromatic carbocycles. The van der Waals surface area contributed by atoms with E-state index in [1.165, 1.54) is 5.56 Å². The van der Waals surface area contributed by atoms with Gasteiger partial charge in [-0.3, -0.25) is 9.69 Å². The molecule has 0 bridgehead atoms. The summed E-state index contributed by atoms with van der Waals surface area (Å²) < 4.78 is 1.93. The number of aromatic amines is 1. The van der Waals surface area contributed by atoms with Crippen molar-refractivity contribution in [3.63, 3.8) is 0 Å². The summed E-state index contributed by atoms with van der Waals surface area (Å²) in [5.74, 6) is 0.732. The van der Waals surface area contributed by atoms with Crippen molar-refractivity contribution in [3.05, 3.63) is 56.7 Å². The van der Waals surface area contributed by atoms with Gasteiger partial charge in [-0.2, -0.15) is 5.10 Å². The Morgan fingerprint density at radius 1 is 1.14 bits per heavy atom. The number of aryl methyl sites for hydroxylation is 3. The number of hydrogen-bond donors (Lipinski definition) is 1. The van der Waals surface area contributed by atoms with Crippen LogP contribution in [-0.4, -0.2) is 42.6 Å². The molecule has 1 fully saturated rings. The van der Waals surface area contributed by atoms with Crippen LogP contribution in [0, 0.1) is 20.8 Å². The Balaban J connectivity index is 1.36. The summed E-state index contributed by atoms with van der Waals surface area (Å²) in [6, 6.07) is 2.06. The molecule has 1 aliphatic carbocycles. The fourth-order valence-electron chi connectivity index (χ4n) is 5.06. The Bertz CT molecular complexity index is 1120. The molecule has 7 nitrogen and oxygen atoms in total. The highest BCUT2D eigenvalue weighted by Gasteiger charge is 2.43. The molecular formula is C21H26N6O. The topological polar surface area (TPSA) is 79.2 Å². The van der Waals surface area contributed by atoms with Gasteiger partial charge in [0.15, 0.2) is 5.65 Å². The molecule has 0 saturated carbocycles. The van der Waals surface area contributed by atoms with Crippen molar-refractivity contribution in [2.45, 2.75) is 58.4 Å². The molecule has 7 heteroatoms. The van der Waals surface area contributed by atoms with Crippen LogP contribution in [-0.2, 0) is 18.4 Å². The molecule has 1 aliphatic heterocycles. The van der Waals surface area contributed by atoms with Gasteiger partial charge in [0.25, 0.3) is 5.56 Å². The highest BCUT2D eigenvalue weighted by molar-refractivity contribution is 5.48. The number of rotatable bonds is 2. The van der Waals surface area contributed by atoms with E-state index in [1.54, 1.807) is 0 Å². The highest BCUT2D eigenvalue weighted by Crippen LogP contribution is 2.44. The van der Waals surface area contributed by atoms with Crippen LogP contribution in [0.5, 0.6) is 0 Å². The van der Waals surface area contributed by atoms with E-state index >= 15 is 0 Å². The fourth-order valence-corrected chi connectivity index (χ4v) is 5.06. The maximum atomic E-state index is 12.3. The van der Waals surface area contributed by atoms with E-state index in [9.17, 15) is 4.79 Å². The summed E-state index contributed by atoms with van der Waals surface area (Å²) in [6.45, 7) is 8.86. The van der Waals surface area contributed by atoms with Crippen molar-refractivity contribution in [2.75, 3.05) is 13.1 Å². The smallest absolute Gasteiger partial charge is 0.254 e. The average Bonchev–Trinajstić information content (AvgIpc) is 3.20. The summed E-state index contributed by atoms with van der Waals surface area (Å²) >= 11 is 0. The monoisotopic (exact) mass is 378 g/mol. The molecule has 1 N–H and O–H groups in total. The molecule has 0 amide bonds. The molecule has 146 valence electrons. The Labute approximate surface area is 163 Å². The normalized spacial score (nSPS) is 18.8. The third-order valence-corrected chi connectivity index (χ3v) is 6.55. The number of piperidine rings is 1. The van der Waals surface area contributed by atoms with Crippen LogP contribution in [0.1, 0.15) is 53.3 Å². The van der Waals surface area contributed by atoms with Gasteiger partial charge >= 0.3 is 0 Å². The lowest BCUT2D eigenvalue weighted by Gasteiger charge is -2.39. The van der Waals surface area contributed by atoms with Gasteiger partial charge in [0.1, 0.15) is 5.82 Å². The predicted octanol–water partition coefficient (Wildman–Crippen LogP) is 2.22. The van der Waals surface area contributed by atoms with Crippen LogP contribution in [0.3, 0.4) is 0 Å². The van der Waals surface area contributed by atoms with Gasteiger partial charge < -0.3 is 4.98 Å². The van der Waals surface area contributed by atoms with Gasteiger partial charge in [-0.05, 0) is 65.6 Å². The summed E-state index contributed by atoms with van der Waals surface area (Å²) in [5.41, 5.74) is 6.41. The van der Waals surface area contributed by atoms with Crippen molar-refractivity contribution in [3.8, 4) is 0 Å². The molecule has 1 spiro atoms. The number of aromatic nitrogens is 5. The molecular weight excluding hydrogens is 352 g/mol. The fraction of sp³-hybridized carbons (Fsp3) is 0.524. The van der Waals surface area contributed by atoms with Crippen LogP contribution in [0.4, 0.5) is 0 Å². The summed E-state index contributed by atoms with van der Waals surface area (Å²) in [6.07, 6.45) is 5.97. The van der Waals surface area contributed by atoms with E-state index in [1.807, 2.05) is 24.6 Å². The second kappa shape index (κ2) is 6.24. The first kappa shape index (κ1) is 17.6. The van der Waals surface area contributed by atoms with E-state index in [4.69, 9.17) is 9.97 Å². The zero-order valence-corrected chi connectivity index (χ0v) is 16.7. The summed E-state index contributed by atoms with van der Waals surface area (Å²) in [5, 5.41) is 4.52. The van der Waals surface area contributed by atoms with Gasteiger partial charge in [-0.1, -0.05) is 0 Å². The van der Waals surface area contributed by atoms with Crippen molar-refractivity contribution >= 4 is 5.65 Å². The molecule has 0 radical (unpaired) electrons. The van der Waals surface area contributed by atoms with E-state index in [2.05, 4.69) is 28.0 Å². The molecule has 1 saturated heterocycles. The third kappa shape index (κ3) is 2.68. The van der Waals surface area contributed by atoms with Crippen LogP contribution < -0.4 is 5.56 Å². The van der Waals surface area contributed by atoms with Crippen LogP contribution in [0.25, 0.3) is 5.65 Å². The molecule has 3 aromatic heterocycles. The van der Waals surface area contributed by atoms with Crippen LogP contribution in [0.2, 0.25) is 0 Å². The lowest BCUT2D eigenvalue weighted by atomic mass is 9.76. The quantitative estimate of drug-likeness (QED) is 0.740. The van der Waals surface area contributed by atoms with Crippen molar-refractivity contribution in [1.82, 2.24) is 29.5 Å². The number of H-pyrrole nitrogens is 1. The van der Waals surface area contributed by atoms with Crippen molar-refractivity contribution < 1.29 is 0 Å². The predicted molar refractivity (Wildman–Crippen MR) is 107 cm³/mol. The summed E-state index contributed by atoms with van der Waals surface area (Å²) in [4.78, 5) is 27.1. The number of nitrogens with zero attached hydrogens (tertiary/aromatic N) is 5. The minimum absolute atomic E-state index is 0.0602. The maximum absolute atomic E-state index is 12.3. The lowest BCUT2D eigenvalue weighted by Crippen LogP contribution is -2.41. The van der Waals surface area contributed by atoms with Crippen molar-refractivity contribution in [2.24, 2.45) is 0 Å². The Kier molecular flexibility index (Phi) is 3.91. The zero-order valence-electron chi connectivity index (χ0n) is 16.7. The standard InChI is InChI=1S/C21H26N6O/c1-13-10-14(2)27-19(23-13)16(11-22-27)12-26-8-6-21(7-9-26)5-4-17-18(21)24-15(3)25-20(17)28/h10-11H,4-9,12H2,1-3H3,(H,24,25,28). The largest absolute Gasteiger partial charge is 0.311 e. The summed E-state index contributed by atoms with van der Waals surface area (Å²) in [7, 11) is 0. The molecule has 2 aliphatic rings. The Morgan fingerprint density at radius 3 is 2.71 bits per heavy atom. The van der Waals surface area contributed by atoms with Gasteiger partial charge in [-0.15, -0.1) is 0 Å². The maximum Gasteiger partial charge on any atom is 0.254 e. The van der Waals surface area contributed by atoms with Gasteiger partial charge in [0.2, 0.25) is 0 Å². The first-order valence-corrected chi connectivity index (χ1v) is 10.1. The molecule has 4 heterocycles. The van der Waals surface area contributed by atoms with Gasteiger partial charge in [0.05, 0.1) is 11.9 Å². The van der Waals surface area contributed by atoms with E-state index in [-0.39, 0.29) is 11.0 Å². The molecule has 3 aromatic rings. The third-order valence-electron chi connectivity index (χ3n) is 6.55.